The van der Waals surface area contributed by atoms with E-state index in [-0.39, 0.29) is 5.82 Å². The molecular weight excluding hydrogens is 409 g/mol. The van der Waals surface area contributed by atoms with Crippen molar-refractivity contribution in [2.75, 3.05) is 7.11 Å². The van der Waals surface area contributed by atoms with Crippen LogP contribution < -0.4 is 4.74 Å². The van der Waals surface area contributed by atoms with Gasteiger partial charge in [-0.1, -0.05) is 24.3 Å². The van der Waals surface area contributed by atoms with Crippen molar-refractivity contribution in [3.63, 3.8) is 0 Å². The molecule has 0 radical (unpaired) electrons. The zero-order valence-electron chi connectivity index (χ0n) is 17.7. The van der Waals surface area contributed by atoms with Gasteiger partial charge in [0.1, 0.15) is 11.6 Å². The number of hydrogen-bond donors (Lipinski definition) is 1. The van der Waals surface area contributed by atoms with E-state index in [0.29, 0.717) is 30.2 Å². The zero-order chi connectivity index (χ0) is 22.3. The average Bonchev–Trinajstić information content (AvgIpc) is 3.49. The van der Waals surface area contributed by atoms with Gasteiger partial charge in [0, 0.05) is 19.2 Å². The number of benzene rings is 2. The number of imidazole rings is 1. The summed E-state index contributed by atoms with van der Waals surface area (Å²) in [6.45, 7) is 2.48. The van der Waals surface area contributed by atoms with E-state index in [1.165, 1.54) is 12.1 Å². The highest BCUT2D eigenvalue weighted by molar-refractivity contribution is 5.69. The van der Waals surface area contributed by atoms with Crippen molar-refractivity contribution >= 4 is 12.2 Å². The third-order valence-electron chi connectivity index (χ3n) is 5.68. The third-order valence-corrected chi connectivity index (χ3v) is 5.68. The van der Waals surface area contributed by atoms with Crippen molar-refractivity contribution in [1.29, 1.82) is 0 Å². The first-order valence-electron chi connectivity index (χ1n) is 10.3. The minimum absolute atomic E-state index is 0.343. The number of ether oxygens (including phenoxy) is 1. The summed E-state index contributed by atoms with van der Waals surface area (Å²) in [5, 5.41) is 15.7. The summed E-state index contributed by atoms with van der Waals surface area (Å²) in [7, 11) is 1.63. The number of methoxy groups -OCH3 is 1. The van der Waals surface area contributed by atoms with Gasteiger partial charge in [0.2, 0.25) is 0 Å². The molecule has 162 valence electrons. The second kappa shape index (κ2) is 7.72. The molecular formula is C24H22FN5O2. The largest absolute Gasteiger partial charge is 0.495 e. The lowest BCUT2D eigenvalue weighted by molar-refractivity contribution is 0.0785. The maximum atomic E-state index is 13.3. The molecule has 7 nitrogen and oxygen atoms in total. The summed E-state index contributed by atoms with van der Waals surface area (Å²) in [5.74, 6) is 1.33. The monoisotopic (exact) mass is 431 g/mol. The minimum atomic E-state index is -1.28. The van der Waals surface area contributed by atoms with Crippen molar-refractivity contribution in [2.24, 2.45) is 0 Å². The second-order valence-corrected chi connectivity index (χ2v) is 7.82. The number of rotatable bonds is 5. The van der Waals surface area contributed by atoms with E-state index in [2.05, 4.69) is 15.1 Å². The van der Waals surface area contributed by atoms with Crippen LogP contribution in [0.4, 0.5) is 4.39 Å². The Kier molecular flexibility index (Phi) is 4.86. The van der Waals surface area contributed by atoms with Crippen LogP contribution in [0.3, 0.4) is 0 Å². The van der Waals surface area contributed by atoms with E-state index in [9.17, 15) is 9.50 Å². The molecule has 3 heterocycles. The van der Waals surface area contributed by atoms with Crippen LogP contribution in [-0.4, -0.2) is 36.5 Å². The molecule has 2 aromatic carbocycles. The molecule has 32 heavy (non-hydrogen) atoms. The van der Waals surface area contributed by atoms with Gasteiger partial charge in [-0.15, -0.1) is 0 Å². The highest BCUT2D eigenvalue weighted by Gasteiger charge is 2.41. The molecule has 1 unspecified atom stereocenters. The van der Waals surface area contributed by atoms with Gasteiger partial charge in [-0.25, -0.2) is 19.0 Å². The van der Waals surface area contributed by atoms with Crippen molar-refractivity contribution in [1.82, 2.24) is 24.3 Å². The van der Waals surface area contributed by atoms with E-state index in [1.54, 1.807) is 36.3 Å². The number of nitrogens with zero attached hydrogens (tertiary/aromatic N) is 5. The van der Waals surface area contributed by atoms with E-state index in [4.69, 9.17) is 4.74 Å². The van der Waals surface area contributed by atoms with Crippen LogP contribution in [0.2, 0.25) is 0 Å². The molecule has 2 aromatic heterocycles. The smallest absolute Gasteiger partial charge is 0.174 e. The van der Waals surface area contributed by atoms with Gasteiger partial charge < -0.3 is 14.4 Å². The summed E-state index contributed by atoms with van der Waals surface area (Å²) < 4.78 is 22.5. The number of halogens is 1. The molecule has 1 aliphatic heterocycles. The van der Waals surface area contributed by atoms with Crippen LogP contribution in [0.1, 0.15) is 34.9 Å². The number of aliphatic hydroxyl groups is 1. The predicted octanol–water partition coefficient (Wildman–Crippen LogP) is 3.73. The Morgan fingerprint density at radius 3 is 2.69 bits per heavy atom. The summed E-state index contributed by atoms with van der Waals surface area (Å²) in [6, 6.07) is 11.7. The fraction of sp³-hybridized carbons (Fsp3) is 0.208. The van der Waals surface area contributed by atoms with Crippen molar-refractivity contribution in [2.45, 2.75) is 25.5 Å². The van der Waals surface area contributed by atoms with Gasteiger partial charge in [-0.3, -0.25) is 0 Å². The number of fused-ring (bicyclic) bond motifs is 1. The number of aromatic nitrogens is 5. The molecule has 8 heteroatoms. The van der Waals surface area contributed by atoms with Gasteiger partial charge in [0.25, 0.3) is 0 Å². The summed E-state index contributed by atoms with van der Waals surface area (Å²) in [5.41, 5.74) is 2.08. The molecule has 0 amide bonds. The molecule has 0 aliphatic carbocycles. The molecule has 1 atom stereocenters. The Hall–Kier alpha value is -3.78. The lowest BCUT2D eigenvalue weighted by Gasteiger charge is -2.20. The van der Waals surface area contributed by atoms with E-state index < -0.39 is 5.60 Å². The molecule has 4 aromatic rings. The molecule has 1 aliphatic rings. The van der Waals surface area contributed by atoms with Crippen LogP contribution in [0.25, 0.3) is 17.8 Å². The first-order valence-corrected chi connectivity index (χ1v) is 10.3. The van der Waals surface area contributed by atoms with Crippen LogP contribution in [0.5, 0.6) is 5.75 Å². The Labute approximate surface area is 184 Å². The van der Waals surface area contributed by atoms with E-state index in [1.807, 2.05) is 42.0 Å². The van der Waals surface area contributed by atoms with E-state index in [0.717, 1.165) is 22.7 Å². The molecule has 0 bridgehead atoms. The van der Waals surface area contributed by atoms with Crippen molar-refractivity contribution in [3.05, 3.63) is 89.3 Å². The molecule has 0 spiro atoms. The Morgan fingerprint density at radius 2 is 1.97 bits per heavy atom. The Morgan fingerprint density at radius 1 is 1.16 bits per heavy atom. The van der Waals surface area contributed by atoms with Crippen LogP contribution in [0.15, 0.2) is 55.0 Å². The van der Waals surface area contributed by atoms with Gasteiger partial charge in [-0.05, 0) is 48.4 Å². The van der Waals surface area contributed by atoms with E-state index >= 15 is 0 Å². The summed E-state index contributed by atoms with van der Waals surface area (Å²) >= 11 is 0. The average molecular weight is 431 g/mol. The lowest BCUT2D eigenvalue weighted by atomic mass is 9.92. The second-order valence-electron chi connectivity index (χ2n) is 7.82. The zero-order valence-corrected chi connectivity index (χ0v) is 17.7. The van der Waals surface area contributed by atoms with Gasteiger partial charge >= 0.3 is 0 Å². The number of hydrogen-bond acceptors (Lipinski definition) is 5. The summed E-state index contributed by atoms with van der Waals surface area (Å²) in [6.07, 6.45) is 7.83. The first-order chi connectivity index (χ1) is 15.5. The first kappa shape index (κ1) is 20.1. The van der Waals surface area contributed by atoms with Crippen molar-refractivity contribution < 1.29 is 14.2 Å². The molecule has 0 saturated carbocycles. The topological polar surface area (TPSA) is 78.0 Å². The fourth-order valence-corrected chi connectivity index (χ4v) is 4.01. The van der Waals surface area contributed by atoms with Gasteiger partial charge in [0.05, 0.1) is 24.8 Å². The molecule has 0 saturated heterocycles. The SMILES string of the molecule is COc1cc(/C=C/c2nc3n(n2)CCC3(O)c2ccc(F)cc2)ccc1-n1cnc(C)c1. The Balaban J connectivity index is 1.41. The van der Waals surface area contributed by atoms with Gasteiger partial charge in [-0.2, -0.15) is 5.10 Å². The summed E-state index contributed by atoms with van der Waals surface area (Å²) in [4.78, 5) is 8.81. The molecule has 0 fully saturated rings. The third kappa shape index (κ3) is 3.48. The predicted molar refractivity (Wildman–Crippen MR) is 118 cm³/mol. The molecule has 5 rings (SSSR count). The Bertz CT molecular complexity index is 1310. The fourth-order valence-electron chi connectivity index (χ4n) is 4.01. The van der Waals surface area contributed by atoms with Crippen LogP contribution in [0, 0.1) is 12.7 Å². The van der Waals surface area contributed by atoms with Gasteiger partial charge in [0.15, 0.2) is 17.2 Å². The highest BCUT2D eigenvalue weighted by atomic mass is 19.1. The quantitative estimate of drug-likeness (QED) is 0.521. The maximum Gasteiger partial charge on any atom is 0.174 e. The minimum Gasteiger partial charge on any atom is -0.495 e. The number of aryl methyl sites for hydroxylation is 2. The normalized spacial score (nSPS) is 17.8. The van der Waals surface area contributed by atoms with Crippen LogP contribution in [-0.2, 0) is 12.1 Å². The standard InChI is InChI=1S/C24H22FN5O2/c1-16-14-29(15-26-16)20-9-3-17(13-21(20)32-2)4-10-22-27-23-24(31,11-12-30(23)28-22)18-5-7-19(25)8-6-18/h3-10,13-15,31H,11-12H2,1-2H3/b10-4+. The van der Waals surface area contributed by atoms with Crippen LogP contribution >= 0.6 is 0 Å². The highest BCUT2D eigenvalue weighted by Crippen LogP contribution is 2.37. The molecule has 1 N–H and O–H groups in total. The maximum absolute atomic E-state index is 13.3. The van der Waals surface area contributed by atoms with Crippen molar-refractivity contribution in [3.8, 4) is 11.4 Å². The lowest BCUT2D eigenvalue weighted by Crippen LogP contribution is -2.25.